The second-order valence-electron chi connectivity index (χ2n) is 6.19. The third kappa shape index (κ3) is 3.21. The minimum absolute atomic E-state index is 0.828. The van der Waals surface area contributed by atoms with Gasteiger partial charge in [0.25, 0.3) is 0 Å². The lowest BCUT2D eigenvalue weighted by molar-refractivity contribution is 0.515. The number of nitrogens with zero attached hydrogens (tertiary/aromatic N) is 2. The first kappa shape index (κ1) is 12.8. The summed E-state index contributed by atoms with van der Waals surface area (Å²) in [6, 6.07) is 9.78. The molecule has 1 aliphatic heterocycles. The number of nitrogens with one attached hydrogen (secondary N) is 1. The van der Waals surface area contributed by atoms with E-state index in [2.05, 4.69) is 53.5 Å². The van der Waals surface area contributed by atoms with Gasteiger partial charge in [-0.3, -0.25) is 0 Å². The third-order valence-electron chi connectivity index (χ3n) is 4.29. The average molecular weight is 259 g/mol. The van der Waals surface area contributed by atoms with Crippen LogP contribution in [0.1, 0.15) is 19.3 Å². The molecule has 1 N–H and O–H groups in total. The predicted molar refractivity (Wildman–Crippen MR) is 82.1 cm³/mol. The minimum atomic E-state index is 0.828. The van der Waals surface area contributed by atoms with Gasteiger partial charge in [0.05, 0.1) is 0 Å². The first-order valence-corrected chi connectivity index (χ1v) is 7.48. The predicted octanol–water partition coefficient (Wildman–Crippen LogP) is 2.33. The van der Waals surface area contributed by atoms with Crippen LogP contribution in [-0.4, -0.2) is 39.8 Å². The second kappa shape index (κ2) is 5.41. The largest absolute Gasteiger partial charge is 0.378 e. The van der Waals surface area contributed by atoms with Crippen LogP contribution in [0, 0.1) is 5.92 Å². The summed E-state index contributed by atoms with van der Waals surface area (Å²) in [5, 5.41) is 3.66. The average Bonchev–Trinajstić information content (AvgIpc) is 3.13. The van der Waals surface area contributed by atoms with Crippen LogP contribution in [0.25, 0.3) is 0 Å². The van der Waals surface area contributed by atoms with E-state index in [1.807, 2.05) is 0 Å². The molecule has 1 heterocycles. The minimum Gasteiger partial charge on any atom is -0.378 e. The molecule has 19 heavy (non-hydrogen) atoms. The molecule has 0 spiro atoms. The van der Waals surface area contributed by atoms with Gasteiger partial charge in [-0.2, -0.15) is 0 Å². The van der Waals surface area contributed by atoms with Crippen LogP contribution in [0.15, 0.2) is 24.3 Å². The van der Waals surface area contributed by atoms with Crippen LogP contribution in [0.4, 0.5) is 11.4 Å². The van der Waals surface area contributed by atoms with Crippen molar-refractivity contribution in [3.8, 4) is 0 Å². The molecule has 1 aromatic carbocycles. The monoisotopic (exact) mass is 259 g/mol. The van der Waals surface area contributed by atoms with Crippen LogP contribution in [0.2, 0.25) is 0 Å². The van der Waals surface area contributed by atoms with E-state index in [9.17, 15) is 0 Å². The van der Waals surface area contributed by atoms with Crippen molar-refractivity contribution < 1.29 is 0 Å². The van der Waals surface area contributed by atoms with Crippen molar-refractivity contribution in [1.29, 1.82) is 0 Å². The van der Waals surface area contributed by atoms with E-state index in [-0.39, 0.29) is 0 Å². The van der Waals surface area contributed by atoms with Crippen molar-refractivity contribution in [2.75, 3.05) is 43.5 Å². The Morgan fingerprint density at radius 1 is 1.16 bits per heavy atom. The van der Waals surface area contributed by atoms with Crippen molar-refractivity contribution >= 4 is 11.4 Å². The summed E-state index contributed by atoms with van der Waals surface area (Å²) < 4.78 is 0. The van der Waals surface area contributed by atoms with Gasteiger partial charge in [-0.25, -0.2) is 0 Å². The van der Waals surface area contributed by atoms with Crippen LogP contribution < -0.4 is 15.1 Å². The van der Waals surface area contributed by atoms with Gasteiger partial charge in [0.1, 0.15) is 0 Å². The van der Waals surface area contributed by atoms with Crippen molar-refractivity contribution in [2.24, 2.45) is 5.92 Å². The van der Waals surface area contributed by atoms with E-state index < -0.39 is 0 Å². The van der Waals surface area contributed by atoms with Gasteiger partial charge in [0.2, 0.25) is 0 Å². The number of hydrogen-bond acceptors (Lipinski definition) is 3. The maximum atomic E-state index is 3.66. The molecule has 1 aliphatic carbocycles. The summed E-state index contributed by atoms with van der Waals surface area (Å²) in [4.78, 5) is 4.68. The van der Waals surface area contributed by atoms with E-state index in [0.717, 1.165) is 12.0 Å². The second-order valence-corrected chi connectivity index (χ2v) is 6.19. The highest BCUT2D eigenvalue weighted by atomic mass is 15.2. The zero-order chi connectivity index (χ0) is 13.2. The fourth-order valence-corrected chi connectivity index (χ4v) is 2.82. The van der Waals surface area contributed by atoms with Gasteiger partial charge in [-0.15, -0.1) is 0 Å². The van der Waals surface area contributed by atoms with Crippen molar-refractivity contribution in [3.63, 3.8) is 0 Å². The molecule has 1 atom stereocenters. The number of anilines is 2. The van der Waals surface area contributed by atoms with Gasteiger partial charge in [0, 0.05) is 44.6 Å². The Balaban J connectivity index is 1.54. The molecular formula is C16H25N3. The Morgan fingerprint density at radius 2 is 1.89 bits per heavy atom. The number of rotatable bonds is 5. The highest BCUT2D eigenvalue weighted by Gasteiger charge is 2.26. The van der Waals surface area contributed by atoms with Crippen LogP contribution in [0.3, 0.4) is 0 Å². The molecule has 1 aromatic rings. The Morgan fingerprint density at radius 3 is 2.53 bits per heavy atom. The Bertz CT molecular complexity index is 409. The normalized spacial score (nSPS) is 22.8. The molecule has 0 aromatic heterocycles. The van der Waals surface area contributed by atoms with Gasteiger partial charge in [-0.05, 0) is 56.0 Å². The Kier molecular flexibility index (Phi) is 3.65. The summed E-state index contributed by atoms with van der Waals surface area (Å²) in [5.41, 5.74) is 2.65. The molecule has 0 radical (unpaired) electrons. The summed E-state index contributed by atoms with van der Waals surface area (Å²) in [6.45, 7) is 3.62. The molecule has 2 aliphatic rings. The quantitative estimate of drug-likeness (QED) is 0.875. The summed E-state index contributed by atoms with van der Waals surface area (Å²) >= 11 is 0. The molecule has 0 amide bonds. The first-order chi connectivity index (χ1) is 9.22. The maximum Gasteiger partial charge on any atom is 0.0367 e. The zero-order valence-electron chi connectivity index (χ0n) is 12.1. The van der Waals surface area contributed by atoms with Crippen LogP contribution in [-0.2, 0) is 0 Å². The Hall–Kier alpha value is -1.22. The van der Waals surface area contributed by atoms with Crippen molar-refractivity contribution in [3.05, 3.63) is 24.3 Å². The lowest BCUT2D eigenvalue weighted by atomic mass is 10.1. The molecule has 0 bridgehead atoms. The molecular weight excluding hydrogens is 234 g/mol. The van der Waals surface area contributed by atoms with Gasteiger partial charge < -0.3 is 15.1 Å². The smallest absolute Gasteiger partial charge is 0.0367 e. The fraction of sp³-hybridized carbons (Fsp3) is 0.625. The molecule has 3 heteroatoms. The SMILES string of the molecule is CN(C)c1ccc(N2CCC(CNC3CC3)C2)cc1. The van der Waals surface area contributed by atoms with E-state index in [4.69, 9.17) is 0 Å². The highest BCUT2D eigenvalue weighted by Crippen LogP contribution is 2.26. The lowest BCUT2D eigenvalue weighted by Gasteiger charge is -2.20. The molecule has 104 valence electrons. The first-order valence-electron chi connectivity index (χ1n) is 7.48. The third-order valence-corrected chi connectivity index (χ3v) is 4.29. The van der Waals surface area contributed by atoms with Crippen molar-refractivity contribution in [1.82, 2.24) is 5.32 Å². The van der Waals surface area contributed by atoms with Crippen LogP contribution >= 0.6 is 0 Å². The van der Waals surface area contributed by atoms with E-state index in [1.165, 1.54) is 50.3 Å². The molecule has 1 saturated carbocycles. The summed E-state index contributed by atoms with van der Waals surface area (Å²) in [5.74, 6) is 0.828. The number of hydrogen-bond donors (Lipinski definition) is 1. The van der Waals surface area contributed by atoms with Gasteiger partial charge in [-0.1, -0.05) is 0 Å². The molecule has 3 rings (SSSR count). The summed E-state index contributed by atoms with van der Waals surface area (Å²) in [7, 11) is 4.18. The van der Waals surface area contributed by atoms with E-state index in [1.54, 1.807) is 0 Å². The Labute approximate surface area is 116 Å². The molecule has 1 saturated heterocycles. The standard InChI is InChI=1S/C16H25N3/c1-18(2)15-5-7-16(8-6-15)19-10-9-13(12-19)11-17-14-3-4-14/h5-8,13-14,17H,3-4,9-12H2,1-2H3. The van der Waals surface area contributed by atoms with Gasteiger partial charge in [0.15, 0.2) is 0 Å². The zero-order valence-corrected chi connectivity index (χ0v) is 12.1. The number of benzene rings is 1. The molecule has 2 fully saturated rings. The van der Waals surface area contributed by atoms with E-state index >= 15 is 0 Å². The molecule has 3 nitrogen and oxygen atoms in total. The van der Waals surface area contributed by atoms with Gasteiger partial charge >= 0.3 is 0 Å². The van der Waals surface area contributed by atoms with Crippen molar-refractivity contribution in [2.45, 2.75) is 25.3 Å². The van der Waals surface area contributed by atoms with E-state index in [0.29, 0.717) is 0 Å². The topological polar surface area (TPSA) is 18.5 Å². The lowest BCUT2D eigenvalue weighted by Crippen LogP contribution is -2.27. The highest BCUT2D eigenvalue weighted by molar-refractivity contribution is 5.56. The molecule has 1 unspecified atom stereocenters. The van der Waals surface area contributed by atoms with Crippen LogP contribution in [0.5, 0.6) is 0 Å². The maximum absolute atomic E-state index is 3.66. The summed E-state index contributed by atoms with van der Waals surface area (Å²) in [6.07, 6.45) is 4.11. The fourth-order valence-electron chi connectivity index (χ4n) is 2.82.